The molecule has 0 bridgehead atoms. The van der Waals surface area contributed by atoms with Gasteiger partial charge in [0, 0.05) is 41.3 Å². The van der Waals surface area contributed by atoms with Crippen molar-refractivity contribution in [2.24, 2.45) is 0 Å². The first-order chi connectivity index (χ1) is 15.1. The number of ether oxygens (including phenoxy) is 1. The molecule has 2 heterocycles. The second-order valence-electron chi connectivity index (χ2n) is 7.86. The summed E-state index contributed by atoms with van der Waals surface area (Å²) in [6.07, 6.45) is 4.25. The van der Waals surface area contributed by atoms with Crippen molar-refractivity contribution < 1.29 is 14.2 Å². The van der Waals surface area contributed by atoms with Crippen LogP contribution < -0.4 is 4.74 Å². The minimum Gasteiger partial charge on any atom is -0.481 e. The molecule has 0 amide bonds. The molecular formula is C25H26ClFN2O2. The number of rotatable bonds is 7. The summed E-state index contributed by atoms with van der Waals surface area (Å²) >= 11 is 6.29. The molecule has 1 aliphatic heterocycles. The molecule has 6 heteroatoms. The smallest absolute Gasteiger partial charge is 0.149 e. The Morgan fingerprint density at radius 1 is 1.19 bits per heavy atom. The van der Waals surface area contributed by atoms with Crippen molar-refractivity contribution in [2.45, 2.75) is 38.9 Å². The number of hydrogen-bond donors (Lipinski definition) is 1. The van der Waals surface area contributed by atoms with Gasteiger partial charge in [0.05, 0.1) is 6.61 Å². The molecule has 3 aromatic rings. The lowest BCUT2D eigenvalue weighted by molar-refractivity contribution is 0.154. The van der Waals surface area contributed by atoms with Gasteiger partial charge < -0.3 is 14.4 Å². The zero-order valence-electron chi connectivity index (χ0n) is 17.6. The van der Waals surface area contributed by atoms with Crippen LogP contribution in [0.1, 0.15) is 30.9 Å². The fourth-order valence-electron chi connectivity index (χ4n) is 4.25. The van der Waals surface area contributed by atoms with E-state index < -0.39 is 0 Å². The molecule has 1 fully saturated rings. The van der Waals surface area contributed by atoms with Crippen LogP contribution >= 0.6 is 11.6 Å². The zero-order chi connectivity index (χ0) is 21.8. The third-order valence-electron chi connectivity index (χ3n) is 5.86. The van der Waals surface area contributed by atoms with E-state index >= 15 is 0 Å². The summed E-state index contributed by atoms with van der Waals surface area (Å²) in [6.45, 7) is 4.59. The van der Waals surface area contributed by atoms with Crippen LogP contribution in [0.4, 0.5) is 4.39 Å². The van der Waals surface area contributed by atoms with Gasteiger partial charge in [0.1, 0.15) is 18.2 Å². The van der Waals surface area contributed by atoms with E-state index in [-0.39, 0.29) is 18.5 Å². The maximum Gasteiger partial charge on any atom is 0.149 e. The fourth-order valence-corrected chi connectivity index (χ4v) is 4.48. The lowest BCUT2D eigenvalue weighted by atomic mass is 10.1. The molecule has 31 heavy (non-hydrogen) atoms. The molecule has 162 valence electrons. The van der Waals surface area contributed by atoms with E-state index in [0.29, 0.717) is 18.2 Å². The topological polar surface area (TPSA) is 37.6 Å². The lowest BCUT2D eigenvalue weighted by Gasteiger charge is -2.22. The van der Waals surface area contributed by atoms with E-state index in [9.17, 15) is 9.50 Å². The van der Waals surface area contributed by atoms with Crippen molar-refractivity contribution in [1.82, 2.24) is 9.47 Å². The summed E-state index contributed by atoms with van der Waals surface area (Å²) < 4.78 is 21.4. The van der Waals surface area contributed by atoms with Gasteiger partial charge in [0.2, 0.25) is 0 Å². The predicted molar refractivity (Wildman–Crippen MR) is 122 cm³/mol. The first-order valence-electron chi connectivity index (χ1n) is 10.5. The molecule has 0 unspecified atom stereocenters. The van der Waals surface area contributed by atoms with Crippen molar-refractivity contribution in [3.05, 3.63) is 64.6 Å². The highest BCUT2D eigenvalue weighted by Gasteiger charge is 2.25. The maximum atomic E-state index is 13.5. The number of benzene rings is 2. The molecule has 1 N–H and O–H groups in total. The average Bonchev–Trinajstić information content (AvgIpc) is 3.35. The van der Waals surface area contributed by atoms with Gasteiger partial charge in [-0.25, -0.2) is 4.39 Å². The molecule has 1 saturated heterocycles. The van der Waals surface area contributed by atoms with Crippen LogP contribution in [0, 0.1) is 17.7 Å². The molecule has 0 radical (unpaired) electrons. The number of aliphatic hydroxyl groups excluding tert-OH is 1. The summed E-state index contributed by atoms with van der Waals surface area (Å²) in [6, 6.07) is 10.7. The summed E-state index contributed by atoms with van der Waals surface area (Å²) in [5.74, 6) is 6.19. The van der Waals surface area contributed by atoms with Crippen molar-refractivity contribution in [1.29, 1.82) is 0 Å². The van der Waals surface area contributed by atoms with E-state index in [4.69, 9.17) is 16.3 Å². The molecule has 4 nitrogen and oxygen atoms in total. The summed E-state index contributed by atoms with van der Waals surface area (Å²) in [4.78, 5) is 2.33. The Bertz CT molecular complexity index is 1130. The molecule has 1 aliphatic rings. The van der Waals surface area contributed by atoms with E-state index in [0.717, 1.165) is 48.1 Å². The molecule has 2 aromatic carbocycles. The van der Waals surface area contributed by atoms with Crippen molar-refractivity contribution in [3.8, 4) is 17.6 Å². The molecule has 1 atom stereocenters. The van der Waals surface area contributed by atoms with Crippen LogP contribution in [0.25, 0.3) is 10.9 Å². The number of halogens is 2. The van der Waals surface area contributed by atoms with Gasteiger partial charge in [-0.15, -0.1) is 5.92 Å². The number of hydrogen-bond acceptors (Lipinski definition) is 3. The SMILES string of the molecule is CC#CCOc1ccc2c(c1)c(CN1CCC[C@H]1CO)cn2Cc1ccc(F)cc1Cl. The third kappa shape index (κ3) is 4.88. The Kier molecular flexibility index (Phi) is 6.82. The van der Waals surface area contributed by atoms with Crippen molar-refractivity contribution in [2.75, 3.05) is 19.8 Å². The Labute approximate surface area is 187 Å². The van der Waals surface area contributed by atoms with Crippen LogP contribution in [-0.4, -0.2) is 40.4 Å². The van der Waals surface area contributed by atoms with E-state index in [2.05, 4.69) is 33.6 Å². The lowest BCUT2D eigenvalue weighted by Crippen LogP contribution is -2.31. The van der Waals surface area contributed by atoms with Crippen molar-refractivity contribution in [3.63, 3.8) is 0 Å². The monoisotopic (exact) mass is 440 g/mol. The predicted octanol–water partition coefficient (Wildman–Crippen LogP) is 4.84. The van der Waals surface area contributed by atoms with Gasteiger partial charge >= 0.3 is 0 Å². The first-order valence-corrected chi connectivity index (χ1v) is 10.9. The third-order valence-corrected chi connectivity index (χ3v) is 6.21. The highest BCUT2D eigenvalue weighted by molar-refractivity contribution is 6.31. The highest BCUT2D eigenvalue weighted by atomic mass is 35.5. The molecule has 0 spiro atoms. The second-order valence-corrected chi connectivity index (χ2v) is 8.27. The maximum absolute atomic E-state index is 13.5. The van der Waals surface area contributed by atoms with Gasteiger partial charge in [-0.05, 0) is 67.8 Å². The average molecular weight is 441 g/mol. The van der Waals surface area contributed by atoms with Crippen LogP contribution in [-0.2, 0) is 13.1 Å². The standard InChI is InChI=1S/C25H26ClFN2O2/c1-2-3-11-31-22-8-9-25-23(13-22)19(15-28-10-4-5-21(28)17-30)16-29(25)14-18-6-7-20(27)12-24(18)26/h6-9,12-13,16,21,30H,4-5,10-11,14-15,17H2,1H3/t21-/m0/s1. The molecular weight excluding hydrogens is 415 g/mol. The minimum atomic E-state index is -0.340. The van der Waals surface area contributed by atoms with Gasteiger partial charge in [0.25, 0.3) is 0 Å². The summed E-state index contributed by atoms with van der Waals surface area (Å²) in [5, 5.41) is 11.2. The van der Waals surface area contributed by atoms with Crippen LogP contribution in [0.2, 0.25) is 5.02 Å². The van der Waals surface area contributed by atoms with E-state index in [1.807, 2.05) is 12.1 Å². The van der Waals surface area contributed by atoms with Gasteiger partial charge in [-0.1, -0.05) is 23.6 Å². The van der Waals surface area contributed by atoms with Gasteiger partial charge in [-0.3, -0.25) is 4.90 Å². The summed E-state index contributed by atoms with van der Waals surface area (Å²) in [5.41, 5.74) is 3.09. The van der Waals surface area contributed by atoms with Crippen LogP contribution in [0.5, 0.6) is 5.75 Å². The second kappa shape index (κ2) is 9.74. The van der Waals surface area contributed by atoms with E-state index in [1.165, 1.54) is 17.7 Å². The van der Waals surface area contributed by atoms with Crippen LogP contribution in [0.3, 0.4) is 0 Å². The number of aliphatic hydroxyl groups is 1. The number of likely N-dealkylation sites (tertiary alicyclic amines) is 1. The largest absolute Gasteiger partial charge is 0.481 e. The Hall–Kier alpha value is -2.52. The van der Waals surface area contributed by atoms with Gasteiger partial charge in [-0.2, -0.15) is 0 Å². The van der Waals surface area contributed by atoms with Gasteiger partial charge in [0.15, 0.2) is 0 Å². The fraction of sp³-hybridized carbons (Fsp3) is 0.360. The Morgan fingerprint density at radius 3 is 2.84 bits per heavy atom. The number of nitrogens with zero attached hydrogens (tertiary/aromatic N) is 2. The zero-order valence-corrected chi connectivity index (χ0v) is 18.3. The van der Waals surface area contributed by atoms with E-state index in [1.54, 1.807) is 13.0 Å². The Balaban J connectivity index is 1.70. The van der Waals surface area contributed by atoms with Crippen molar-refractivity contribution >= 4 is 22.5 Å². The normalized spacial score (nSPS) is 16.5. The number of fused-ring (bicyclic) bond motifs is 1. The number of aromatic nitrogens is 1. The summed E-state index contributed by atoms with van der Waals surface area (Å²) in [7, 11) is 0. The molecule has 0 saturated carbocycles. The quantitative estimate of drug-likeness (QED) is 0.534. The molecule has 0 aliphatic carbocycles. The molecule has 1 aromatic heterocycles. The highest BCUT2D eigenvalue weighted by Crippen LogP contribution is 2.30. The molecule has 4 rings (SSSR count). The Morgan fingerprint density at radius 2 is 2.06 bits per heavy atom. The first kappa shape index (κ1) is 21.7. The van der Waals surface area contributed by atoms with Crippen LogP contribution in [0.15, 0.2) is 42.6 Å². The minimum absolute atomic E-state index is 0.174.